The zero-order valence-electron chi connectivity index (χ0n) is 6.13. The molecule has 0 amide bonds. The van der Waals surface area contributed by atoms with E-state index in [0.717, 1.165) is 10.0 Å². The molecule has 1 aromatic rings. The molecule has 12 heavy (non-hydrogen) atoms. The van der Waals surface area contributed by atoms with Gasteiger partial charge in [-0.1, -0.05) is 28.1 Å². The van der Waals surface area contributed by atoms with Crippen molar-refractivity contribution in [1.82, 2.24) is 0 Å². The highest BCUT2D eigenvalue weighted by Crippen LogP contribution is 2.26. The molecule has 0 aromatic heterocycles. The summed E-state index contributed by atoms with van der Waals surface area (Å²) in [5, 5.41) is 0. The fourth-order valence-corrected chi connectivity index (χ4v) is 1.85. The summed E-state index contributed by atoms with van der Waals surface area (Å²) in [5.41, 5.74) is 1.38. The Morgan fingerprint density at radius 3 is 2.67 bits per heavy atom. The molecule has 2 nitrogen and oxygen atoms in total. The number of carbonyl (C=O) groups is 2. The van der Waals surface area contributed by atoms with Crippen molar-refractivity contribution in [2.45, 2.75) is 6.42 Å². The second-order valence-electron chi connectivity index (χ2n) is 2.70. The molecule has 3 heteroatoms. The van der Waals surface area contributed by atoms with Crippen molar-refractivity contribution >= 4 is 27.5 Å². The number of carbonyl (C=O) groups excluding carboxylic acids is 2. The Labute approximate surface area is 77.7 Å². The Kier molecular flexibility index (Phi) is 1.61. The topological polar surface area (TPSA) is 34.1 Å². The number of ketones is 2. The summed E-state index contributed by atoms with van der Waals surface area (Å²) >= 11 is 3.30. The van der Waals surface area contributed by atoms with Gasteiger partial charge in [0, 0.05) is 16.5 Å². The van der Waals surface area contributed by atoms with Gasteiger partial charge in [-0.05, 0) is 11.6 Å². The second kappa shape index (κ2) is 2.52. The van der Waals surface area contributed by atoms with Crippen LogP contribution in [0.1, 0.15) is 15.9 Å². The molecule has 0 bridgehead atoms. The number of benzene rings is 1. The number of rotatable bonds is 0. The van der Waals surface area contributed by atoms with Crippen LogP contribution in [0.4, 0.5) is 0 Å². The first-order valence-corrected chi connectivity index (χ1v) is 4.34. The van der Waals surface area contributed by atoms with Crippen molar-refractivity contribution in [3.8, 4) is 0 Å². The van der Waals surface area contributed by atoms with Gasteiger partial charge in [0.2, 0.25) is 11.6 Å². The minimum Gasteiger partial charge on any atom is -0.290 e. The van der Waals surface area contributed by atoms with E-state index in [9.17, 15) is 9.59 Å². The van der Waals surface area contributed by atoms with E-state index in [-0.39, 0.29) is 18.0 Å². The Morgan fingerprint density at radius 1 is 1.25 bits per heavy atom. The lowest BCUT2D eigenvalue weighted by Crippen LogP contribution is -2.05. The molecule has 0 heterocycles. The quantitative estimate of drug-likeness (QED) is 0.630. The highest BCUT2D eigenvalue weighted by molar-refractivity contribution is 9.10. The van der Waals surface area contributed by atoms with Crippen LogP contribution >= 0.6 is 15.9 Å². The fraction of sp³-hybridized carbons (Fsp3) is 0.111. The summed E-state index contributed by atoms with van der Waals surface area (Å²) in [6.45, 7) is 0. The number of hydrogen-bond donors (Lipinski definition) is 0. The molecule has 0 unspecified atom stereocenters. The molecule has 0 atom stereocenters. The van der Waals surface area contributed by atoms with Gasteiger partial charge in [0.15, 0.2) is 0 Å². The average molecular weight is 225 g/mol. The van der Waals surface area contributed by atoms with Gasteiger partial charge in [0.1, 0.15) is 0 Å². The fourth-order valence-electron chi connectivity index (χ4n) is 1.34. The monoisotopic (exact) mass is 224 g/mol. The van der Waals surface area contributed by atoms with Gasteiger partial charge >= 0.3 is 0 Å². The Bertz CT molecular complexity index is 382. The van der Waals surface area contributed by atoms with E-state index in [0.29, 0.717) is 5.56 Å². The number of fused-ring (bicyclic) bond motifs is 1. The van der Waals surface area contributed by atoms with Gasteiger partial charge in [0.05, 0.1) is 0 Å². The van der Waals surface area contributed by atoms with E-state index in [1.807, 2.05) is 6.07 Å². The molecule has 1 aliphatic carbocycles. The van der Waals surface area contributed by atoms with E-state index in [1.165, 1.54) is 0 Å². The molecule has 0 aliphatic heterocycles. The van der Waals surface area contributed by atoms with Gasteiger partial charge in [0.25, 0.3) is 0 Å². The van der Waals surface area contributed by atoms with Crippen molar-refractivity contribution in [3.63, 3.8) is 0 Å². The van der Waals surface area contributed by atoms with E-state index >= 15 is 0 Å². The smallest absolute Gasteiger partial charge is 0.229 e. The first-order chi connectivity index (χ1) is 5.70. The van der Waals surface area contributed by atoms with E-state index in [4.69, 9.17) is 0 Å². The minimum atomic E-state index is -0.355. The lowest BCUT2D eigenvalue weighted by atomic mass is 10.1. The van der Waals surface area contributed by atoms with Crippen LogP contribution in [0.5, 0.6) is 0 Å². The molecule has 0 saturated heterocycles. The predicted molar refractivity (Wildman–Crippen MR) is 47.2 cm³/mol. The molecular weight excluding hydrogens is 220 g/mol. The van der Waals surface area contributed by atoms with Crippen LogP contribution in [0.15, 0.2) is 22.7 Å². The molecule has 0 saturated carbocycles. The number of hydrogen-bond acceptors (Lipinski definition) is 2. The first kappa shape index (κ1) is 7.68. The van der Waals surface area contributed by atoms with Crippen molar-refractivity contribution in [2.24, 2.45) is 0 Å². The molecule has 0 radical (unpaired) electrons. The second-order valence-corrected chi connectivity index (χ2v) is 3.55. The van der Waals surface area contributed by atoms with Gasteiger partial charge in [-0.2, -0.15) is 0 Å². The molecule has 1 aromatic carbocycles. The molecule has 1 aliphatic rings. The van der Waals surface area contributed by atoms with E-state index in [2.05, 4.69) is 15.9 Å². The molecule has 2 rings (SSSR count). The lowest BCUT2D eigenvalue weighted by molar-refractivity contribution is -0.114. The third-order valence-electron chi connectivity index (χ3n) is 1.95. The summed E-state index contributed by atoms with van der Waals surface area (Å²) in [6.07, 6.45) is 0.246. The maximum absolute atomic E-state index is 11.2. The molecule has 0 N–H and O–H groups in total. The number of halogens is 1. The minimum absolute atomic E-state index is 0.246. The third-order valence-corrected chi connectivity index (χ3v) is 2.70. The normalized spacial score (nSPS) is 15.1. The highest BCUT2D eigenvalue weighted by atomic mass is 79.9. The molecule has 0 spiro atoms. The molecule has 0 fully saturated rings. The number of Topliss-reactive ketones (excluding diaryl/α,β-unsaturated/α-hetero) is 2. The van der Waals surface area contributed by atoms with Crippen LogP contribution in [0.3, 0.4) is 0 Å². The largest absolute Gasteiger partial charge is 0.290 e. The van der Waals surface area contributed by atoms with Crippen LogP contribution in [-0.2, 0) is 11.2 Å². The third kappa shape index (κ3) is 0.932. The average Bonchev–Trinajstić information content (AvgIpc) is 2.32. The van der Waals surface area contributed by atoms with Gasteiger partial charge < -0.3 is 0 Å². The van der Waals surface area contributed by atoms with Crippen LogP contribution in [-0.4, -0.2) is 11.6 Å². The summed E-state index contributed by atoms with van der Waals surface area (Å²) < 4.78 is 0.846. The van der Waals surface area contributed by atoms with Crippen LogP contribution < -0.4 is 0 Å². The van der Waals surface area contributed by atoms with Crippen molar-refractivity contribution < 1.29 is 9.59 Å². The van der Waals surface area contributed by atoms with Gasteiger partial charge in [-0.3, -0.25) is 9.59 Å². The Balaban J connectivity index is 2.68. The van der Waals surface area contributed by atoms with E-state index in [1.54, 1.807) is 12.1 Å². The summed E-state index contributed by atoms with van der Waals surface area (Å²) in [6, 6.07) is 5.29. The Morgan fingerprint density at radius 2 is 2.00 bits per heavy atom. The van der Waals surface area contributed by atoms with E-state index < -0.39 is 0 Å². The first-order valence-electron chi connectivity index (χ1n) is 3.55. The van der Waals surface area contributed by atoms with Crippen molar-refractivity contribution in [1.29, 1.82) is 0 Å². The summed E-state index contributed by atoms with van der Waals surface area (Å²) in [7, 11) is 0. The van der Waals surface area contributed by atoms with Crippen molar-refractivity contribution in [2.75, 3.05) is 0 Å². The SMILES string of the molecule is O=C1Cc2c(Br)cccc2C1=O. The van der Waals surface area contributed by atoms with Crippen LogP contribution in [0.2, 0.25) is 0 Å². The maximum atomic E-state index is 11.2. The zero-order chi connectivity index (χ0) is 8.72. The molecule has 60 valence electrons. The summed E-state index contributed by atoms with van der Waals surface area (Å²) in [5.74, 6) is -0.664. The predicted octanol–water partition coefficient (Wildman–Crippen LogP) is 1.76. The van der Waals surface area contributed by atoms with Gasteiger partial charge in [-0.25, -0.2) is 0 Å². The lowest BCUT2D eigenvalue weighted by Gasteiger charge is -1.96. The standard InChI is InChI=1S/C9H5BrO2/c10-7-3-1-2-5-6(7)4-8(11)9(5)12/h1-3H,4H2. The Hall–Kier alpha value is -0.960. The van der Waals surface area contributed by atoms with Crippen molar-refractivity contribution in [3.05, 3.63) is 33.8 Å². The highest BCUT2D eigenvalue weighted by Gasteiger charge is 2.29. The zero-order valence-corrected chi connectivity index (χ0v) is 7.72. The summed E-state index contributed by atoms with van der Waals surface area (Å²) in [4.78, 5) is 22.2. The van der Waals surface area contributed by atoms with Crippen LogP contribution in [0.25, 0.3) is 0 Å². The maximum Gasteiger partial charge on any atom is 0.229 e. The van der Waals surface area contributed by atoms with Crippen LogP contribution in [0, 0.1) is 0 Å². The van der Waals surface area contributed by atoms with Gasteiger partial charge in [-0.15, -0.1) is 0 Å². The molecular formula is C9H5BrO2.